The lowest BCUT2D eigenvalue weighted by atomic mass is 9.93. The number of likely N-dealkylation sites (tertiary alicyclic amines) is 1. The predicted octanol–water partition coefficient (Wildman–Crippen LogP) is 2.57. The van der Waals surface area contributed by atoms with Crippen LogP contribution in [-0.2, 0) is 6.42 Å². The van der Waals surface area contributed by atoms with Crippen molar-refractivity contribution in [2.75, 3.05) is 13.1 Å². The van der Waals surface area contributed by atoms with Crippen molar-refractivity contribution in [1.82, 2.24) is 25.2 Å². The quantitative estimate of drug-likeness (QED) is 0.734. The van der Waals surface area contributed by atoms with Gasteiger partial charge in [0.15, 0.2) is 5.82 Å². The minimum atomic E-state index is -0.0404. The number of hydrogen-bond acceptors (Lipinski definition) is 6. The van der Waals surface area contributed by atoms with Crippen LogP contribution >= 0.6 is 0 Å². The molecule has 1 saturated heterocycles. The Labute approximate surface area is 156 Å². The Kier molecular flexibility index (Phi) is 4.62. The molecule has 2 N–H and O–H groups in total. The van der Waals surface area contributed by atoms with Crippen LogP contribution in [0.5, 0.6) is 5.75 Å². The average molecular weight is 367 g/mol. The molecular weight excluding hydrogens is 346 g/mol. The lowest BCUT2D eigenvalue weighted by Crippen LogP contribution is -2.39. The summed E-state index contributed by atoms with van der Waals surface area (Å²) in [4.78, 5) is 18.9. The van der Waals surface area contributed by atoms with Crippen LogP contribution in [0.2, 0.25) is 0 Å². The lowest BCUT2D eigenvalue weighted by Gasteiger charge is -2.31. The van der Waals surface area contributed by atoms with Gasteiger partial charge in [-0.1, -0.05) is 5.16 Å². The van der Waals surface area contributed by atoms with Gasteiger partial charge < -0.3 is 14.5 Å². The van der Waals surface area contributed by atoms with Gasteiger partial charge in [-0.2, -0.15) is 10.1 Å². The first kappa shape index (κ1) is 17.3. The molecule has 140 valence electrons. The summed E-state index contributed by atoms with van der Waals surface area (Å²) in [6, 6.07) is 8.49. The number of amides is 1. The predicted molar refractivity (Wildman–Crippen MR) is 97.1 cm³/mol. The molecule has 0 aliphatic carbocycles. The second kappa shape index (κ2) is 7.22. The third-order valence-electron chi connectivity index (χ3n) is 4.91. The number of aryl methyl sites for hydroxylation is 1. The Morgan fingerprint density at radius 2 is 2.04 bits per heavy atom. The molecule has 8 nitrogen and oxygen atoms in total. The van der Waals surface area contributed by atoms with Gasteiger partial charge in [-0.25, -0.2) is 0 Å². The molecule has 8 heteroatoms. The zero-order valence-electron chi connectivity index (χ0n) is 15.1. The van der Waals surface area contributed by atoms with Gasteiger partial charge in [0.05, 0.1) is 5.69 Å². The Balaban J connectivity index is 1.36. The van der Waals surface area contributed by atoms with E-state index in [1.165, 1.54) is 0 Å². The smallest absolute Gasteiger partial charge is 0.271 e. The zero-order chi connectivity index (χ0) is 18.8. The number of nitrogens with zero attached hydrogens (tertiary/aromatic N) is 4. The number of aromatic hydroxyl groups is 1. The van der Waals surface area contributed by atoms with Gasteiger partial charge in [0, 0.05) is 32.0 Å². The Bertz CT molecular complexity index is 923. The Hall–Kier alpha value is -3.16. The fraction of sp³-hybridized carbons (Fsp3) is 0.368. The van der Waals surface area contributed by atoms with Crippen LogP contribution in [0.25, 0.3) is 11.3 Å². The van der Waals surface area contributed by atoms with E-state index >= 15 is 0 Å². The van der Waals surface area contributed by atoms with E-state index in [1.54, 1.807) is 37.3 Å². The van der Waals surface area contributed by atoms with Crippen LogP contribution in [0.1, 0.15) is 35.0 Å². The van der Waals surface area contributed by atoms with E-state index in [-0.39, 0.29) is 11.7 Å². The highest BCUT2D eigenvalue weighted by Crippen LogP contribution is 2.24. The normalized spacial score (nSPS) is 15.2. The summed E-state index contributed by atoms with van der Waals surface area (Å²) >= 11 is 0. The van der Waals surface area contributed by atoms with Crippen molar-refractivity contribution in [3.63, 3.8) is 0 Å². The molecule has 1 aliphatic rings. The van der Waals surface area contributed by atoms with E-state index in [0.29, 0.717) is 36.3 Å². The molecule has 1 amide bonds. The van der Waals surface area contributed by atoms with Gasteiger partial charge in [0.25, 0.3) is 5.91 Å². The summed E-state index contributed by atoms with van der Waals surface area (Å²) in [5.41, 5.74) is 2.00. The summed E-state index contributed by atoms with van der Waals surface area (Å²) in [5, 5.41) is 20.4. The highest BCUT2D eigenvalue weighted by molar-refractivity contribution is 5.93. The van der Waals surface area contributed by atoms with E-state index in [9.17, 15) is 9.90 Å². The number of carbonyl (C=O) groups is 1. The second-order valence-corrected chi connectivity index (χ2v) is 6.88. The number of hydrogen-bond donors (Lipinski definition) is 2. The van der Waals surface area contributed by atoms with E-state index < -0.39 is 0 Å². The summed E-state index contributed by atoms with van der Waals surface area (Å²) in [6.07, 6.45) is 2.62. The highest BCUT2D eigenvalue weighted by atomic mass is 16.5. The van der Waals surface area contributed by atoms with Crippen LogP contribution in [0, 0.1) is 12.8 Å². The molecule has 0 bridgehead atoms. The Morgan fingerprint density at radius 1 is 1.30 bits per heavy atom. The lowest BCUT2D eigenvalue weighted by molar-refractivity contribution is 0.0683. The number of benzene rings is 1. The monoisotopic (exact) mass is 367 g/mol. The summed E-state index contributed by atoms with van der Waals surface area (Å²) in [7, 11) is 0. The van der Waals surface area contributed by atoms with E-state index in [0.717, 1.165) is 30.7 Å². The van der Waals surface area contributed by atoms with E-state index in [4.69, 9.17) is 4.52 Å². The van der Waals surface area contributed by atoms with Crippen molar-refractivity contribution in [1.29, 1.82) is 0 Å². The van der Waals surface area contributed by atoms with Crippen LogP contribution in [0.4, 0.5) is 0 Å². The highest BCUT2D eigenvalue weighted by Gasteiger charge is 2.26. The van der Waals surface area contributed by atoms with Crippen LogP contribution in [0.3, 0.4) is 0 Å². The van der Waals surface area contributed by atoms with Gasteiger partial charge in [0.2, 0.25) is 5.89 Å². The molecule has 27 heavy (non-hydrogen) atoms. The molecule has 0 unspecified atom stereocenters. The number of phenolic OH excluding ortho intramolecular Hbond substituents is 1. The molecule has 2 aromatic heterocycles. The maximum Gasteiger partial charge on any atom is 0.271 e. The number of carbonyl (C=O) groups excluding carboxylic acids is 1. The number of H-pyrrole nitrogens is 1. The first-order valence-corrected chi connectivity index (χ1v) is 9.02. The molecule has 1 fully saturated rings. The molecule has 3 aromatic rings. The SMILES string of the molecule is Cc1nc(CC2CCN(C(=O)c3cc(-c4ccc(O)cc4)n[nH]3)CC2)no1. The fourth-order valence-corrected chi connectivity index (χ4v) is 3.40. The standard InChI is InChI=1S/C19H21N5O3/c1-12-20-18(23-27-12)10-13-6-8-24(9-7-13)19(26)17-11-16(21-22-17)14-2-4-15(25)5-3-14/h2-5,11,13,25H,6-10H2,1H3,(H,21,22). The van der Waals surface area contributed by atoms with Gasteiger partial charge >= 0.3 is 0 Å². The Morgan fingerprint density at radius 3 is 2.70 bits per heavy atom. The maximum absolute atomic E-state index is 12.7. The third-order valence-corrected chi connectivity index (χ3v) is 4.91. The minimum absolute atomic E-state index is 0.0404. The minimum Gasteiger partial charge on any atom is -0.508 e. The number of aromatic amines is 1. The molecule has 4 rings (SSSR count). The molecule has 1 aromatic carbocycles. The van der Waals surface area contributed by atoms with Crippen molar-refractivity contribution >= 4 is 5.91 Å². The number of rotatable bonds is 4. The topological polar surface area (TPSA) is 108 Å². The van der Waals surface area contributed by atoms with E-state index in [2.05, 4.69) is 20.3 Å². The van der Waals surface area contributed by atoms with Crippen molar-refractivity contribution < 1.29 is 14.4 Å². The maximum atomic E-state index is 12.7. The summed E-state index contributed by atoms with van der Waals surface area (Å²) in [5.74, 6) is 1.94. The van der Waals surface area contributed by atoms with Crippen molar-refractivity contribution in [3.05, 3.63) is 47.7 Å². The largest absolute Gasteiger partial charge is 0.508 e. The van der Waals surface area contributed by atoms with Crippen molar-refractivity contribution in [2.45, 2.75) is 26.2 Å². The van der Waals surface area contributed by atoms with Crippen molar-refractivity contribution in [2.24, 2.45) is 5.92 Å². The average Bonchev–Trinajstić information content (AvgIpc) is 3.32. The molecule has 3 heterocycles. The fourth-order valence-electron chi connectivity index (χ4n) is 3.40. The van der Waals surface area contributed by atoms with Crippen LogP contribution in [0.15, 0.2) is 34.9 Å². The van der Waals surface area contributed by atoms with Crippen LogP contribution < -0.4 is 0 Å². The molecule has 0 spiro atoms. The van der Waals surface area contributed by atoms with Crippen LogP contribution in [-0.4, -0.2) is 49.3 Å². The van der Waals surface area contributed by atoms with Gasteiger partial charge in [-0.15, -0.1) is 0 Å². The second-order valence-electron chi connectivity index (χ2n) is 6.88. The third kappa shape index (κ3) is 3.84. The van der Waals surface area contributed by atoms with Gasteiger partial charge in [-0.05, 0) is 49.1 Å². The molecular formula is C19H21N5O3. The number of aromatic nitrogens is 4. The number of phenols is 1. The molecule has 0 atom stereocenters. The number of nitrogens with one attached hydrogen (secondary N) is 1. The summed E-state index contributed by atoms with van der Waals surface area (Å²) < 4.78 is 5.02. The van der Waals surface area contributed by atoms with Crippen molar-refractivity contribution in [3.8, 4) is 17.0 Å². The zero-order valence-corrected chi connectivity index (χ0v) is 15.1. The molecule has 1 aliphatic heterocycles. The van der Waals surface area contributed by atoms with Gasteiger partial charge in [-0.3, -0.25) is 9.89 Å². The molecule has 0 saturated carbocycles. The number of piperidine rings is 1. The summed E-state index contributed by atoms with van der Waals surface area (Å²) in [6.45, 7) is 3.19. The van der Waals surface area contributed by atoms with E-state index in [1.807, 2.05) is 4.90 Å². The first-order chi connectivity index (χ1) is 13.1. The first-order valence-electron chi connectivity index (χ1n) is 9.02. The van der Waals surface area contributed by atoms with Gasteiger partial charge in [0.1, 0.15) is 11.4 Å². The molecule has 0 radical (unpaired) electrons.